The molecular formula is C26H27N5OS2. The van der Waals surface area contributed by atoms with E-state index in [0.717, 1.165) is 65.1 Å². The van der Waals surface area contributed by atoms with E-state index in [4.69, 9.17) is 0 Å². The Balaban J connectivity index is 1.14. The number of benzene rings is 2. The van der Waals surface area contributed by atoms with Crippen LogP contribution >= 0.6 is 23.1 Å². The first-order chi connectivity index (χ1) is 16.7. The molecule has 3 heterocycles. The summed E-state index contributed by atoms with van der Waals surface area (Å²) in [6.45, 7) is 4.98. The summed E-state index contributed by atoms with van der Waals surface area (Å²) in [6.07, 6.45) is 4.76. The quantitative estimate of drug-likeness (QED) is 0.359. The number of piperazine rings is 1. The van der Waals surface area contributed by atoms with Crippen molar-refractivity contribution in [2.24, 2.45) is 0 Å². The number of para-hydroxylation sites is 3. The van der Waals surface area contributed by atoms with Crippen molar-refractivity contribution in [3.63, 3.8) is 0 Å². The van der Waals surface area contributed by atoms with Crippen LogP contribution < -0.4 is 10.2 Å². The van der Waals surface area contributed by atoms with E-state index in [1.54, 1.807) is 11.3 Å². The average molecular weight is 490 g/mol. The molecule has 4 aromatic rings. The van der Waals surface area contributed by atoms with Gasteiger partial charge in [-0.05, 0) is 48.4 Å². The molecule has 0 radical (unpaired) electrons. The minimum atomic E-state index is -0.00677. The van der Waals surface area contributed by atoms with Crippen molar-refractivity contribution in [3.8, 4) is 0 Å². The molecule has 1 N–H and O–H groups in total. The van der Waals surface area contributed by atoms with E-state index in [1.165, 1.54) is 17.3 Å². The number of nitrogens with zero attached hydrogens (tertiary/aromatic N) is 4. The van der Waals surface area contributed by atoms with Crippen LogP contribution in [0.1, 0.15) is 5.56 Å². The number of thioether (sulfide) groups is 1. The lowest BCUT2D eigenvalue weighted by atomic mass is 10.1. The number of hydrogen-bond acceptors (Lipinski definition) is 7. The third-order valence-electron chi connectivity index (χ3n) is 5.96. The molecule has 8 heteroatoms. The van der Waals surface area contributed by atoms with E-state index in [9.17, 15) is 4.79 Å². The maximum Gasteiger partial charge on any atom is 0.234 e. The minimum Gasteiger partial charge on any atom is -0.367 e. The zero-order valence-electron chi connectivity index (χ0n) is 18.9. The summed E-state index contributed by atoms with van der Waals surface area (Å²) in [5.74, 6) is 0.337. The summed E-state index contributed by atoms with van der Waals surface area (Å²) in [4.78, 5) is 26.3. The van der Waals surface area contributed by atoms with Gasteiger partial charge in [0.25, 0.3) is 0 Å². The smallest absolute Gasteiger partial charge is 0.234 e. The molecule has 1 fully saturated rings. The first-order valence-corrected chi connectivity index (χ1v) is 13.3. The van der Waals surface area contributed by atoms with Gasteiger partial charge in [0.05, 0.1) is 27.3 Å². The highest BCUT2D eigenvalue weighted by molar-refractivity contribution is 8.01. The Hall–Kier alpha value is -2.94. The maximum atomic E-state index is 12.7. The van der Waals surface area contributed by atoms with E-state index in [0.29, 0.717) is 5.75 Å². The van der Waals surface area contributed by atoms with Crippen molar-refractivity contribution >= 4 is 50.6 Å². The van der Waals surface area contributed by atoms with Gasteiger partial charge in [0.15, 0.2) is 4.34 Å². The number of thiazole rings is 1. The molecule has 34 heavy (non-hydrogen) atoms. The second kappa shape index (κ2) is 11.0. The lowest BCUT2D eigenvalue weighted by Crippen LogP contribution is -2.47. The first-order valence-electron chi connectivity index (χ1n) is 11.5. The van der Waals surface area contributed by atoms with Crippen molar-refractivity contribution in [1.29, 1.82) is 0 Å². The van der Waals surface area contributed by atoms with Crippen LogP contribution in [0.3, 0.4) is 0 Å². The summed E-state index contributed by atoms with van der Waals surface area (Å²) in [7, 11) is 0. The number of carbonyl (C=O) groups excluding carboxylic acids is 1. The normalized spacial score (nSPS) is 14.4. The second-order valence-electron chi connectivity index (χ2n) is 8.24. The molecule has 1 amide bonds. The van der Waals surface area contributed by atoms with Gasteiger partial charge in [0.1, 0.15) is 0 Å². The number of hydrogen-bond donors (Lipinski definition) is 1. The zero-order chi connectivity index (χ0) is 23.2. The molecule has 0 saturated carbocycles. The van der Waals surface area contributed by atoms with Crippen LogP contribution in [-0.4, -0.2) is 59.3 Å². The molecule has 5 rings (SSSR count). The first kappa shape index (κ1) is 22.8. The van der Waals surface area contributed by atoms with E-state index in [1.807, 2.05) is 48.8 Å². The number of aromatic nitrogens is 2. The van der Waals surface area contributed by atoms with E-state index >= 15 is 0 Å². The molecule has 2 aromatic heterocycles. The van der Waals surface area contributed by atoms with Gasteiger partial charge in [-0.2, -0.15) is 0 Å². The van der Waals surface area contributed by atoms with Crippen LogP contribution in [0.25, 0.3) is 10.2 Å². The molecule has 174 valence electrons. The van der Waals surface area contributed by atoms with Gasteiger partial charge in [-0.25, -0.2) is 4.98 Å². The summed E-state index contributed by atoms with van der Waals surface area (Å²) in [5, 5.41) is 3.13. The third-order valence-corrected chi connectivity index (χ3v) is 8.14. The van der Waals surface area contributed by atoms with Gasteiger partial charge in [-0.3, -0.25) is 14.7 Å². The highest BCUT2D eigenvalue weighted by Gasteiger charge is 2.20. The SMILES string of the molecule is O=C(CSc1nc2ccccc2s1)Nc1ccccc1N1CCN(CCc2ccncc2)CC1. The van der Waals surface area contributed by atoms with Crippen molar-refractivity contribution < 1.29 is 4.79 Å². The van der Waals surface area contributed by atoms with Crippen LogP contribution in [0.4, 0.5) is 11.4 Å². The summed E-state index contributed by atoms with van der Waals surface area (Å²) < 4.78 is 2.07. The monoisotopic (exact) mass is 489 g/mol. The van der Waals surface area contributed by atoms with Crippen LogP contribution in [0.5, 0.6) is 0 Å². The largest absolute Gasteiger partial charge is 0.367 e. The Labute approximate surface area is 208 Å². The van der Waals surface area contributed by atoms with E-state index in [-0.39, 0.29) is 5.91 Å². The Morgan fingerprint density at radius 1 is 0.971 bits per heavy atom. The Bertz CT molecular complexity index is 1210. The highest BCUT2D eigenvalue weighted by atomic mass is 32.2. The standard InChI is InChI=1S/C26H27N5OS2/c32-25(19-33-26-29-22-6-2-4-8-24(22)34-26)28-21-5-1-3-7-23(21)31-17-15-30(16-18-31)14-11-20-9-12-27-13-10-20/h1-10,12-13H,11,14-19H2,(H,28,32). The molecule has 0 unspecified atom stereocenters. The molecule has 0 atom stereocenters. The van der Waals surface area contributed by atoms with E-state index in [2.05, 4.69) is 49.4 Å². The van der Waals surface area contributed by atoms with Crippen molar-refractivity contribution in [3.05, 3.63) is 78.6 Å². The van der Waals surface area contributed by atoms with Gasteiger partial charge in [-0.15, -0.1) is 11.3 Å². The average Bonchev–Trinajstić information content (AvgIpc) is 3.31. The fourth-order valence-corrected chi connectivity index (χ4v) is 6.00. The molecular weight excluding hydrogens is 462 g/mol. The molecule has 0 aliphatic carbocycles. The summed E-state index contributed by atoms with van der Waals surface area (Å²) >= 11 is 3.12. The number of amides is 1. The molecule has 1 saturated heterocycles. The predicted molar refractivity (Wildman–Crippen MR) is 142 cm³/mol. The van der Waals surface area contributed by atoms with Gasteiger partial charge >= 0.3 is 0 Å². The second-order valence-corrected chi connectivity index (χ2v) is 10.5. The van der Waals surface area contributed by atoms with Crippen molar-refractivity contribution in [1.82, 2.24) is 14.9 Å². The van der Waals surface area contributed by atoms with Crippen LogP contribution in [0, 0.1) is 0 Å². The van der Waals surface area contributed by atoms with Gasteiger partial charge in [0, 0.05) is 45.1 Å². The minimum absolute atomic E-state index is 0.00677. The van der Waals surface area contributed by atoms with Gasteiger partial charge in [0.2, 0.25) is 5.91 Å². The van der Waals surface area contributed by atoms with Crippen molar-refractivity contribution in [2.45, 2.75) is 10.8 Å². The molecule has 2 aromatic carbocycles. The summed E-state index contributed by atoms with van der Waals surface area (Å²) in [5.41, 5.74) is 4.28. The number of carbonyl (C=O) groups is 1. The summed E-state index contributed by atoms with van der Waals surface area (Å²) in [6, 6.07) is 20.3. The van der Waals surface area contributed by atoms with Crippen molar-refractivity contribution in [2.75, 3.05) is 48.7 Å². The topological polar surface area (TPSA) is 61.4 Å². The van der Waals surface area contributed by atoms with Crippen LogP contribution in [-0.2, 0) is 11.2 Å². The number of nitrogens with one attached hydrogen (secondary N) is 1. The Morgan fingerprint density at radius 2 is 1.74 bits per heavy atom. The fraction of sp³-hybridized carbons (Fsp3) is 0.269. The number of pyridine rings is 1. The van der Waals surface area contributed by atoms with E-state index < -0.39 is 0 Å². The van der Waals surface area contributed by atoms with Crippen LogP contribution in [0.15, 0.2) is 77.4 Å². The highest BCUT2D eigenvalue weighted by Crippen LogP contribution is 2.30. The molecule has 0 bridgehead atoms. The molecule has 6 nitrogen and oxygen atoms in total. The number of rotatable bonds is 8. The maximum absolute atomic E-state index is 12.7. The lowest BCUT2D eigenvalue weighted by molar-refractivity contribution is -0.113. The van der Waals surface area contributed by atoms with Gasteiger partial charge in [-0.1, -0.05) is 36.0 Å². The molecule has 1 aliphatic rings. The fourth-order valence-electron chi connectivity index (χ4n) is 4.13. The lowest BCUT2D eigenvalue weighted by Gasteiger charge is -2.37. The third kappa shape index (κ3) is 5.75. The zero-order valence-corrected chi connectivity index (χ0v) is 20.5. The predicted octanol–water partition coefficient (Wildman–Crippen LogP) is 4.79. The molecule has 1 aliphatic heterocycles. The number of anilines is 2. The Kier molecular flexibility index (Phi) is 7.38. The molecule has 0 spiro atoms. The van der Waals surface area contributed by atoms with Gasteiger partial charge < -0.3 is 10.2 Å². The number of fused-ring (bicyclic) bond motifs is 1. The Morgan fingerprint density at radius 3 is 2.56 bits per heavy atom. The van der Waals surface area contributed by atoms with Crippen LogP contribution in [0.2, 0.25) is 0 Å².